The van der Waals surface area contributed by atoms with Crippen LogP contribution in [0.3, 0.4) is 0 Å². The number of carbonyl (C=O) groups is 3. The first-order valence-corrected chi connectivity index (χ1v) is 10.1. The fourth-order valence-corrected chi connectivity index (χ4v) is 3.34. The van der Waals surface area contributed by atoms with Crippen molar-refractivity contribution in [3.8, 4) is 0 Å². The third-order valence-corrected chi connectivity index (χ3v) is 4.96. The highest BCUT2D eigenvalue weighted by molar-refractivity contribution is 5.99. The molecule has 3 aromatic carbocycles. The number of hydrogen-bond donors (Lipinski definition) is 1. The van der Waals surface area contributed by atoms with Crippen molar-refractivity contribution in [2.45, 2.75) is 26.3 Å². The van der Waals surface area contributed by atoms with Gasteiger partial charge in [0.05, 0.1) is 12.5 Å². The number of Topliss-reactive ketones (excluding diaryl/α,β-unsaturated/α-hetero) is 1. The first kappa shape index (κ1) is 22.0. The molecule has 0 aromatic heterocycles. The molecule has 0 bridgehead atoms. The van der Waals surface area contributed by atoms with Crippen LogP contribution in [0, 0.1) is 13.8 Å². The maximum absolute atomic E-state index is 12.6. The van der Waals surface area contributed by atoms with E-state index in [0.29, 0.717) is 11.1 Å². The summed E-state index contributed by atoms with van der Waals surface area (Å²) in [7, 11) is 0. The number of esters is 1. The number of carbonyl (C=O) groups excluding carboxylic acids is 3. The summed E-state index contributed by atoms with van der Waals surface area (Å²) < 4.78 is 5.24. The van der Waals surface area contributed by atoms with Crippen LogP contribution >= 0.6 is 0 Å². The van der Waals surface area contributed by atoms with Crippen LogP contribution in [0.25, 0.3) is 0 Å². The second-order valence-electron chi connectivity index (χ2n) is 7.41. The van der Waals surface area contributed by atoms with E-state index in [1.54, 1.807) is 30.3 Å². The average Bonchev–Trinajstić information content (AvgIpc) is 2.78. The fourth-order valence-electron chi connectivity index (χ4n) is 3.34. The fraction of sp³-hybridized carbons (Fsp3) is 0.192. The summed E-state index contributed by atoms with van der Waals surface area (Å²) >= 11 is 0. The second-order valence-corrected chi connectivity index (χ2v) is 7.41. The molecule has 0 unspecified atom stereocenters. The maximum Gasteiger partial charge on any atom is 0.308 e. The van der Waals surface area contributed by atoms with E-state index in [9.17, 15) is 14.4 Å². The monoisotopic (exact) mass is 415 g/mol. The Morgan fingerprint density at radius 3 is 2.16 bits per heavy atom. The molecule has 0 aliphatic carbocycles. The zero-order valence-electron chi connectivity index (χ0n) is 17.6. The minimum atomic E-state index is -0.572. The highest BCUT2D eigenvalue weighted by Gasteiger charge is 2.21. The zero-order valence-corrected chi connectivity index (χ0v) is 17.6. The Hall–Kier alpha value is -3.73. The minimum Gasteiger partial charge on any atom is -0.457 e. The largest absolute Gasteiger partial charge is 0.457 e. The summed E-state index contributed by atoms with van der Waals surface area (Å²) in [6.07, 6.45) is -0.0806. The van der Waals surface area contributed by atoms with Crippen LogP contribution in [0.2, 0.25) is 0 Å². The molecule has 0 radical (unpaired) electrons. The molecule has 0 spiro atoms. The van der Waals surface area contributed by atoms with Gasteiger partial charge in [0.15, 0.2) is 6.61 Å². The second kappa shape index (κ2) is 10.3. The topological polar surface area (TPSA) is 72.5 Å². The molecule has 0 saturated heterocycles. The van der Waals surface area contributed by atoms with Gasteiger partial charge in [0.2, 0.25) is 5.78 Å². The average molecular weight is 415 g/mol. The van der Waals surface area contributed by atoms with Gasteiger partial charge >= 0.3 is 5.97 Å². The number of aryl methyl sites for hydroxylation is 2. The van der Waals surface area contributed by atoms with Gasteiger partial charge in [-0.05, 0) is 37.1 Å². The zero-order chi connectivity index (χ0) is 22.2. The molecule has 1 amide bonds. The van der Waals surface area contributed by atoms with Crippen LogP contribution < -0.4 is 5.32 Å². The molecule has 0 aliphatic rings. The molecule has 5 heteroatoms. The van der Waals surface area contributed by atoms with Gasteiger partial charge in [-0.15, -0.1) is 0 Å². The van der Waals surface area contributed by atoms with E-state index in [-0.39, 0.29) is 24.7 Å². The lowest BCUT2D eigenvalue weighted by Crippen LogP contribution is -2.31. The summed E-state index contributed by atoms with van der Waals surface area (Å²) in [6.45, 7) is 3.47. The van der Waals surface area contributed by atoms with Crippen LogP contribution in [-0.4, -0.2) is 24.3 Å². The number of ether oxygens (including phenoxy) is 1. The molecule has 158 valence electrons. The predicted octanol–water partition coefficient (Wildman–Crippen LogP) is 4.59. The van der Waals surface area contributed by atoms with E-state index in [0.717, 1.165) is 16.7 Å². The smallest absolute Gasteiger partial charge is 0.308 e. The molecule has 0 heterocycles. The molecule has 0 fully saturated rings. The lowest BCUT2D eigenvalue weighted by Gasteiger charge is -2.19. The maximum atomic E-state index is 12.6. The molecule has 0 saturated carbocycles. The van der Waals surface area contributed by atoms with Crippen LogP contribution in [0.1, 0.15) is 49.9 Å². The Labute approximate surface area is 182 Å². The van der Waals surface area contributed by atoms with Crippen LogP contribution in [0.4, 0.5) is 0 Å². The number of hydrogen-bond acceptors (Lipinski definition) is 4. The summed E-state index contributed by atoms with van der Waals surface area (Å²) in [5.74, 6) is -1.09. The van der Waals surface area contributed by atoms with E-state index < -0.39 is 12.0 Å². The normalized spacial score (nSPS) is 11.4. The summed E-state index contributed by atoms with van der Waals surface area (Å²) in [6, 6.07) is 23.0. The van der Waals surface area contributed by atoms with Gasteiger partial charge in [-0.1, -0.05) is 72.3 Å². The molecule has 3 rings (SSSR count). The van der Waals surface area contributed by atoms with Crippen molar-refractivity contribution < 1.29 is 19.1 Å². The van der Waals surface area contributed by atoms with Gasteiger partial charge in [0.25, 0.3) is 5.91 Å². The Morgan fingerprint density at radius 1 is 0.871 bits per heavy atom. The number of ketones is 1. The molecule has 0 aliphatic heterocycles. The molecular formula is C26H25NO4. The van der Waals surface area contributed by atoms with Crippen molar-refractivity contribution in [3.63, 3.8) is 0 Å². The summed E-state index contributed by atoms with van der Waals surface area (Å²) in [5.41, 5.74) is 3.73. The lowest BCUT2D eigenvalue weighted by atomic mass is 10.0. The molecule has 1 N–H and O–H groups in total. The first-order valence-electron chi connectivity index (χ1n) is 10.1. The SMILES string of the molecule is Cc1ccc(C(=O)COC(=O)C[C@@H](NC(=O)c2ccccc2)c2ccccc2)c(C)c1. The first-order chi connectivity index (χ1) is 14.9. The number of benzene rings is 3. The van der Waals surface area contributed by atoms with Crippen LogP contribution in [0.5, 0.6) is 0 Å². The van der Waals surface area contributed by atoms with E-state index in [1.165, 1.54) is 0 Å². The van der Waals surface area contributed by atoms with Gasteiger partial charge < -0.3 is 10.1 Å². The molecule has 31 heavy (non-hydrogen) atoms. The van der Waals surface area contributed by atoms with Gasteiger partial charge in [-0.3, -0.25) is 14.4 Å². The summed E-state index contributed by atoms with van der Waals surface area (Å²) in [5, 5.41) is 2.89. The molecule has 1 atom stereocenters. The highest BCUT2D eigenvalue weighted by Crippen LogP contribution is 2.19. The Bertz CT molecular complexity index is 1060. The molecule has 5 nitrogen and oxygen atoms in total. The molecular weight excluding hydrogens is 390 g/mol. The van der Waals surface area contributed by atoms with Gasteiger partial charge in [0, 0.05) is 11.1 Å². The number of rotatable bonds is 8. The lowest BCUT2D eigenvalue weighted by molar-refractivity contribution is -0.143. The predicted molar refractivity (Wildman–Crippen MR) is 119 cm³/mol. The number of amides is 1. The third kappa shape index (κ3) is 6.12. The Kier molecular flexibility index (Phi) is 7.33. The van der Waals surface area contributed by atoms with Crippen molar-refractivity contribution >= 4 is 17.7 Å². The van der Waals surface area contributed by atoms with Gasteiger partial charge in [0.1, 0.15) is 0 Å². The number of nitrogens with one attached hydrogen (secondary N) is 1. The highest BCUT2D eigenvalue weighted by atomic mass is 16.5. The molecule has 3 aromatic rings. The van der Waals surface area contributed by atoms with E-state index in [1.807, 2.05) is 62.4 Å². The van der Waals surface area contributed by atoms with Gasteiger partial charge in [-0.25, -0.2) is 0 Å². The third-order valence-electron chi connectivity index (χ3n) is 4.96. The summed E-state index contributed by atoms with van der Waals surface area (Å²) in [4.78, 5) is 37.6. The van der Waals surface area contributed by atoms with Gasteiger partial charge in [-0.2, -0.15) is 0 Å². The quantitative estimate of drug-likeness (QED) is 0.431. The van der Waals surface area contributed by atoms with E-state index in [4.69, 9.17) is 4.74 Å². The Balaban J connectivity index is 1.65. The standard InChI is InChI=1S/C26H25NO4/c1-18-13-14-22(19(2)15-18)24(28)17-31-25(29)16-23(20-9-5-3-6-10-20)27-26(30)21-11-7-4-8-12-21/h3-15,23H,16-17H2,1-2H3,(H,27,30)/t23-/m1/s1. The van der Waals surface area contributed by atoms with E-state index in [2.05, 4.69) is 5.32 Å². The van der Waals surface area contributed by atoms with E-state index >= 15 is 0 Å². The van der Waals surface area contributed by atoms with Crippen molar-refractivity contribution in [2.24, 2.45) is 0 Å². The van der Waals surface area contributed by atoms with Crippen molar-refractivity contribution in [3.05, 3.63) is 107 Å². The van der Waals surface area contributed by atoms with Crippen LogP contribution in [0.15, 0.2) is 78.9 Å². The van der Waals surface area contributed by atoms with Crippen molar-refractivity contribution in [1.29, 1.82) is 0 Å². The minimum absolute atomic E-state index is 0.0806. The Morgan fingerprint density at radius 2 is 1.52 bits per heavy atom. The van der Waals surface area contributed by atoms with Crippen molar-refractivity contribution in [1.82, 2.24) is 5.32 Å². The van der Waals surface area contributed by atoms with Crippen molar-refractivity contribution in [2.75, 3.05) is 6.61 Å². The van der Waals surface area contributed by atoms with Crippen LogP contribution in [-0.2, 0) is 9.53 Å².